The summed E-state index contributed by atoms with van der Waals surface area (Å²) in [6.45, 7) is 3.93. The number of rotatable bonds is 1. The molecule has 0 bridgehead atoms. The van der Waals surface area contributed by atoms with Crippen molar-refractivity contribution < 1.29 is 4.79 Å². The average molecular weight is 378 g/mol. The van der Waals surface area contributed by atoms with Crippen molar-refractivity contribution in [3.8, 4) is 0 Å². The highest BCUT2D eigenvalue weighted by Crippen LogP contribution is 2.40. The van der Waals surface area contributed by atoms with Crippen molar-refractivity contribution in [2.45, 2.75) is 38.8 Å². The van der Waals surface area contributed by atoms with Gasteiger partial charge in [-0.25, -0.2) is 4.98 Å². The number of nitrogens with zero attached hydrogens (tertiary/aromatic N) is 4. The first-order chi connectivity index (χ1) is 13.5. The molecule has 1 saturated heterocycles. The van der Waals surface area contributed by atoms with E-state index in [9.17, 15) is 9.59 Å². The zero-order valence-electron chi connectivity index (χ0n) is 16.4. The third-order valence-electron chi connectivity index (χ3n) is 6.78. The first-order valence-corrected chi connectivity index (χ1v) is 10.2. The topological polar surface area (TPSA) is 58.4 Å². The Hall–Kier alpha value is -2.47. The lowest BCUT2D eigenvalue weighted by Gasteiger charge is -2.36. The van der Waals surface area contributed by atoms with Gasteiger partial charge in [0.2, 0.25) is 0 Å². The first-order valence-electron chi connectivity index (χ1n) is 10.2. The predicted molar refractivity (Wildman–Crippen MR) is 106 cm³/mol. The molecule has 1 aromatic heterocycles. The Balaban J connectivity index is 1.42. The van der Waals surface area contributed by atoms with Gasteiger partial charge in [0.15, 0.2) is 0 Å². The van der Waals surface area contributed by atoms with Gasteiger partial charge in [0.1, 0.15) is 5.82 Å². The van der Waals surface area contributed by atoms with Gasteiger partial charge in [-0.15, -0.1) is 0 Å². The molecule has 0 saturated carbocycles. The molecule has 1 fully saturated rings. The lowest BCUT2D eigenvalue weighted by atomic mass is 9.77. The molecule has 28 heavy (non-hydrogen) atoms. The Morgan fingerprint density at radius 1 is 1.11 bits per heavy atom. The molecule has 3 aliphatic heterocycles. The van der Waals surface area contributed by atoms with Gasteiger partial charge in [-0.3, -0.25) is 14.2 Å². The third kappa shape index (κ3) is 2.87. The van der Waals surface area contributed by atoms with Crippen LogP contribution in [0.3, 0.4) is 0 Å². The molecule has 5 rings (SSSR count). The van der Waals surface area contributed by atoms with Crippen LogP contribution in [0.1, 0.15) is 40.3 Å². The summed E-state index contributed by atoms with van der Waals surface area (Å²) in [5, 5.41) is 0. The van der Waals surface area contributed by atoms with Crippen molar-refractivity contribution in [2.75, 3.05) is 26.7 Å². The van der Waals surface area contributed by atoms with Gasteiger partial charge >= 0.3 is 0 Å². The van der Waals surface area contributed by atoms with Crippen LogP contribution in [0.15, 0.2) is 35.1 Å². The zero-order valence-corrected chi connectivity index (χ0v) is 16.4. The van der Waals surface area contributed by atoms with Crippen LogP contribution in [-0.2, 0) is 25.9 Å². The second-order valence-electron chi connectivity index (χ2n) is 8.67. The highest BCUT2D eigenvalue weighted by atomic mass is 16.2. The van der Waals surface area contributed by atoms with E-state index in [1.807, 2.05) is 34.9 Å². The molecule has 3 aliphatic rings. The summed E-state index contributed by atoms with van der Waals surface area (Å²) >= 11 is 0. The van der Waals surface area contributed by atoms with Crippen LogP contribution < -0.4 is 5.56 Å². The van der Waals surface area contributed by atoms with Crippen LogP contribution in [0, 0.1) is 5.41 Å². The minimum atomic E-state index is -0.0112. The van der Waals surface area contributed by atoms with E-state index in [2.05, 4.69) is 11.9 Å². The molecule has 1 aromatic carbocycles. The highest BCUT2D eigenvalue weighted by Gasteiger charge is 2.42. The standard InChI is InChI=1S/C22H26N4O2/c1-24-11-8-22(9-12-24)13-19-23-18-7-10-25(14-17(18)21(28)26(19)15-22)20(27)16-5-3-2-4-6-16/h2-6H,7-15H2,1H3. The van der Waals surface area contributed by atoms with E-state index in [0.29, 0.717) is 30.6 Å². The molecule has 146 valence electrons. The SMILES string of the molecule is CN1CCC2(CC1)Cc1nc3c(c(=O)n1C2)CN(C(=O)c1ccccc1)CC3. The van der Waals surface area contributed by atoms with Gasteiger partial charge in [-0.1, -0.05) is 18.2 Å². The van der Waals surface area contributed by atoms with E-state index in [4.69, 9.17) is 4.98 Å². The molecule has 1 spiro atoms. The van der Waals surface area contributed by atoms with E-state index in [-0.39, 0.29) is 16.9 Å². The normalized spacial score (nSPS) is 20.8. The Labute approximate surface area is 164 Å². The number of carbonyl (C=O) groups excluding carboxylic acids is 1. The number of benzene rings is 1. The molecule has 6 heteroatoms. The molecular formula is C22H26N4O2. The summed E-state index contributed by atoms with van der Waals surface area (Å²) in [4.78, 5) is 35.1. The van der Waals surface area contributed by atoms with Crippen molar-refractivity contribution in [1.82, 2.24) is 19.4 Å². The van der Waals surface area contributed by atoms with E-state index in [1.165, 1.54) is 0 Å². The fourth-order valence-electron chi connectivity index (χ4n) is 4.95. The van der Waals surface area contributed by atoms with E-state index in [0.717, 1.165) is 50.4 Å². The molecule has 0 atom stereocenters. The van der Waals surface area contributed by atoms with Crippen LogP contribution in [-0.4, -0.2) is 51.9 Å². The number of aromatic nitrogens is 2. The molecule has 4 heterocycles. The lowest BCUT2D eigenvalue weighted by molar-refractivity contribution is 0.0732. The molecule has 0 N–H and O–H groups in total. The van der Waals surface area contributed by atoms with Crippen LogP contribution in [0.25, 0.3) is 0 Å². The van der Waals surface area contributed by atoms with Crippen LogP contribution in [0.4, 0.5) is 0 Å². The average Bonchev–Trinajstić information content (AvgIpc) is 3.09. The minimum absolute atomic E-state index is 0.0112. The Bertz CT molecular complexity index is 974. The minimum Gasteiger partial charge on any atom is -0.334 e. The molecular weight excluding hydrogens is 352 g/mol. The van der Waals surface area contributed by atoms with Gasteiger partial charge in [-0.05, 0) is 50.5 Å². The fourth-order valence-corrected chi connectivity index (χ4v) is 4.95. The maximum atomic E-state index is 13.3. The smallest absolute Gasteiger partial charge is 0.258 e. The number of amides is 1. The van der Waals surface area contributed by atoms with Crippen molar-refractivity contribution in [3.05, 3.63) is 63.3 Å². The molecule has 2 aromatic rings. The Morgan fingerprint density at radius 2 is 1.86 bits per heavy atom. The maximum Gasteiger partial charge on any atom is 0.258 e. The summed E-state index contributed by atoms with van der Waals surface area (Å²) in [6.07, 6.45) is 3.81. The van der Waals surface area contributed by atoms with Gasteiger partial charge in [0.25, 0.3) is 11.5 Å². The third-order valence-corrected chi connectivity index (χ3v) is 6.78. The van der Waals surface area contributed by atoms with E-state index >= 15 is 0 Å². The van der Waals surface area contributed by atoms with Crippen LogP contribution in [0.2, 0.25) is 0 Å². The summed E-state index contributed by atoms with van der Waals surface area (Å²) in [7, 11) is 2.16. The predicted octanol–water partition coefficient (Wildman–Crippen LogP) is 1.71. The number of piperidine rings is 1. The lowest BCUT2D eigenvalue weighted by Crippen LogP contribution is -2.42. The van der Waals surface area contributed by atoms with Crippen molar-refractivity contribution in [1.29, 1.82) is 0 Å². The van der Waals surface area contributed by atoms with Crippen molar-refractivity contribution >= 4 is 5.91 Å². The second-order valence-corrected chi connectivity index (χ2v) is 8.67. The van der Waals surface area contributed by atoms with Crippen molar-refractivity contribution in [3.63, 3.8) is 0 Å². The fraction of sp³-hybridized carbons (Fsp3) is 0.500. The first kappa shape index (κ1) is 17.6. The summed E-state index contributed by atoms with van der Waals surface area (Å²) in [6, 6.07) is 9.30. The number of carbonyl (C=O) groups is 1. The summed E-state index contributed by atoms with van der Waals surface area (Å²) in [5.41, 5.74) is 2.55. The van der Waals surface area contributed by atoms with Gasteiger partial charge in [0, 0.05) is 31.5 Å². The molecule has 0 aliphatic carbocycles. The van der Waals surface area contributed by atoms with Crippen molar-refractivity contribution in [2.24, 2.45) is 5.41 Å². The van der Waals surface area contributed by atoms with Gasteiger partial charge in [0.05, 0.1) is 17.8 Å². The number of hydrogen-bond acceptors (Lipinski definition) is 4. The highest BCUT2D eigenvalue weighted by molar-refractivity contribution is 5.94. The van der Waals surface area contributed by atoms with Crippen LogP contribution >= 0.6 is 0 Å². The maximum absolute atomic E-state index is 13.3. The van der Waals surface area contributed by atoms with Crippen LogP contribution in [0.5, 0.6) is 0 Å². The molecule has 1 amide bonds. The zero-order chi connectivity index (χ0) is 19.3. The summed E-state index contributed by atoms with van der Waals surface area (Å²) < 4.78 is 1.90. The number of likely N-dealkylation sites (tertiary alicyclic amines) is 1. The Kier molecular flexibility index (Phi) is 4.12. The monoisotopic (exact) mass is 378 g/mol. The van der Waals surface area contributed by atoms with Gasteiger partial charge in [-0.2, -0.15) is 0 Å². The van der Waals surface area contributed by atoms with Gasteiger partial charge < -0.3 is 9.80 Å². The van der Waals surface area contributed by atoms with E-state index in [1.54, 1.807) is 4.90 Å². The molecule has 0 radical (unpaired) electrons. The quantitative estimate of drug-likeness (QED) is 0.758. The number of fused-ring (bicyclic) bond motifs is 2. The van der Waals surface area contributed by atoms with E-state index < -0.39 is 0 Å². The molecule has 6 nitrogen and oxygen atoms in total. The summed E-state index contributed by atoms with van der Waals surface area (Å²) in [5.74, 6) is 0.944. The molecule has 0 unspecified atom stereocenters. The largest absolute Gasteiger partial charge is 0.334 e. The Morgan fingerprint density at radius 3 is 2.61 bits per heavy atom. The second kappa shape index (κ2) is 6.55. The number of hydrogen-bond donors (Lipinski definition) is 0.